The van der Waals surface area contributed by atoms with Gasteiger partial charge in [0.2, 0.25) is 0 Å². The van der Waals surface area contributed by atoms with Crippen LogP contribution in [0.4, 0.5) is 15.3 Å². The molecule has 9 nitrogen and oxygen atoms in total. The summed E-state index contributed by atoms with van der Waals surface area (Å²) in [6.45, 7) is 9.00. The average molecular weight is 445 g/mol. The normalized spacial score (nSPS) is 14.3. The van der Waals surface area contributed by atoms with E-state index in [1.807, 2.05) is 0 Å². The summed E-state index contributed by atoms with van der Waals surface area (Å²) in [7, 11) is 1.78. The van der Waals surface area contributed by atoms with E-state index in [9.17, 15) is 9.59 Å². The summed E-state index contributed by atoms with van der Waals surface area (Å²) in [6, 6.07) is 3.68. The number of nitrogens with one attached hydrogen (secondary N) is 1. The van der Waals surface area contributed by atoms with Crippen LogP contribution in [0.5, 0.6) is 0 Å². The van der Waals surface area contributed by atoms with Crippen LogP contribution in [0.15, 0.2) is 16.7 Å². The van der Waals surface area contributed by atoms with Gasteiger partial charge >= 0.3 is 12.2 Å². The van der Waals surface area contributed by atoms with E-state index in [1.54, 1.807) is 58.7 Å². The van der Waals surface area contributed by atoms with Gasteiger partial charge in [-0.15, -0.1) is 0 Å². The van der Waals surface area contributed by atoms with Gasteiger partial charge in [-0.1, -0.05) is 18.0 Å². The second-order valence-corrected chi connectivity index (χ2v) is 9.14. The molecule has 2 heterocycles. The smallest absolute Gasteiger partial charge is 0.412 e. The number of amides is 2. The van der Waals surface area contributed by atoms with E-state index in [-0.39, 0.29) is 18.7 Å². The number of aromatic nitrogens is 2. The van der Waals surface area contributed by atoms with Crippen LogP contribution in [0.2, 0.25) is 0 Å². The van der Waals surface area contributed by atoms with Gasteiger partial charge in [-0.05, 0) is 59.6 Å². The molecular formula is C23H32N4O5. The van der Waals surface area contributed by atoms with E-state index in [0.717, 1.165) is 25.7 Å². The number of carbonyl (C=O) groups excluding carboxylic acids is 2. The van der Waals surface area contributed by atoms with Crippen molar-refractivity contribution in [3.8, 4) is 11.5 Å². The van der Waals surface area contributed by atoms with E-state index < -0.39 is 11.7 Å². The molecule has 1 fully saturated rings. The number of rotatable bonds is 5. The van der Waals surface area contributed by atoms with Crippen molar-refractivity contribution in [2.45, 2.75) is 78.6 Å². The number of pyridine rings is 1. The first kappa shape index (κ1) is 23.6. The van der Waals surface area contributed by atoms with Crippen molar-refractivity contribution < 1.29 is 23.6 Å². The fourth-order valence-electron chi connectivity index (χ4n) is 3.67. The van der Waals surface area contributed by atoms with Gasteiger partial charge in [0, 0.05) is 13.1 Å². The van der Waals surface area contributed by atoms with Crippen molar-refractivity contribution in [1.29, 1.82) is 0 Å². The molecular weight excluding hydrogens is 412 g/mol. The minimum Gasteiger partial charge on any atom is -0.444 e. The molecule has 0 radical (unpaired) electrons. The second-order valence-electron chi connectivity index (χ2n) is 9.14. The number of ether oxygens (including phenoxy) is 2. The third-order valence-corrected chi connectivity index (χ3v) is 5.44. The molecule has 0 bridgehead atoms. The minimum atomic E-state index is -0.596. The van der Waals surface area contributed by atoms with Crippen molar-refractivity contribution >= 4 is 17.9 Å². The van der Waals surface area contributed by atoms with Crippen LogP contribution >= 0.6 is 0 Å². The molecule has 2 aromatic heterocycles. The van der Waals surface area contributed by atoms with Crippen LogP contribution in [0.3, 0.4) is 0 Å². The fourth-order valence-corrected chi connectivity index (χ4v) is 3.67. The first-order valence-corrected chi connectivity index (χ1v) is 10.9. The van der Waals surface area contributed by atoms with Crippen LogP contribution in [-0.2, 0) is 16.1 Å². The quantitative estimate of drug-likeness (QED) is 0.674. The minimum absolute atomic E-state index is 0.0409. The van der Waals surface area contributed by atoms with E-state index in [1.165, 1.54) is 0 Å². The third kappa shape index (κ3) is 5.77. The number of anilines is 1. The number of carbonyl (C=O) groups is 2. The van der Waals surface area contributed by atoms with Crippen LogP contribution in [-0.4, -0.2) is 45.9 Å². The zero-order valence-electron chi connectivity index (χ0n) is 19.7. The van der Waals surface area contributed by atoms with E-state index in [0.29, 0.717) is 34.1 Å². The van der Waals surface area contributed by atoms with Crippen LogP contribution in [0, 0.1) is 13.8 Å². The Morgan fingerprint density at radius 3 is 2.50 bits per heavy atom. The Kier molecular flexibility index (Phi) is 7.06. The van der Waals surface area contributed by atoms with Crippen molar-refractivity contribution in [3.05, 3.63) is 29.1 Å². The van der Waals surface area contributed by atoms with E-state index in [2.05, 4.69) is 15.5 Å². The Morgan fingerprint density at radius 2 is 1.88 bits per heavy atom. The lowest BCUT2D eigenvalue weighted by Crippen LogP contribution is -2.35. The van der Waals surface area contributed by atoms with Crippen LogP contribution < -0.4 is 5.32 Å². The van der Waals surface area contributed by atoms with Crippen LogP contribution in [0.25, 0.3) is 11.5 Å². The maximum Gasteiger partial charge on any atom is 0.412 e. The SMILES string of the molecule is Cc1nc(-c2onc(C)c2COC(=O)N(C)C2CCCC2)ccc1NC(=O)OC(C)(C)C. The highest BCUT2D eigenvalue weighted by Gasteiger charge is 2.26. The molecule has 1 aliphatic carbocycles. The zero-order valence-corrected chi connectivity index (χ0v) is 19.7. The molecule has 174 valence electrons. The van der Waals surface area contributed by atoms with Gasteiger partial charge < -0.3 is 18.9 Å². The van der Waals surface area contributed by atoms with E-state index in [4.69, 9.17) is 14.0 Å². The molecule has 2 aromatic rings. The average Bonchev–Trinajstić information content (AvgIpc) is 3.36. The Hall–Kier alpha value is -3.10. The number of hydrogen-bond donors (Lipinski definition) is 1. The Labute approximate surface area is 188 Å². The summed E-state index contributed by atoms with van der Waals surface area (Å²) in [5.74, 6) is 0.436. The molecule has 1 aliphatic rings. The zero-order chi connectivity index (χ0) is 23.5. The Morgan fingerprint density at radius 1 is 1.19 bits per heavy atom. The highest BCUT2D eigenvalue weighted by atomic mass is 16.6. The molecule has 2 amide bonds. The number of nitrogens with zero attached hydrogens (tertiary/aromatic N) is 3. The van der Waals surface area contributed by atoms with Gasteiger partial charge in [0.1, 0.15) is 17.9 Å². The van der Waals surface area contributed by atoms with E-state index >= 15 is 0 Å². The maximum absolute atomic E-state index is 12.5. The second kappa shape index (κ2) is 9.58. The van der Waals surface area contributed by atoms with Crippen LogP contribution in [0.1, 0.15) is 63.4 Å². The summed E-state index contributed by atoms with van der Waals surface area (Å²) in [4.78, 5) is 30.7. The number of aryl methyl sites for hydroxylation is 2. The van der Waals surface area contributed by atoms with Gasteiger partial charge in [-0.2, -0.15) is 0 Å². The summed E-state index contributed by atoms with van der Waals surface area (Å²) < 4.78 is 16.3. The Bertz CT molecular complexity index is 973. The molecule has 0 aliphatic heterocycles. The Balaban J connectivity index is 1.70. The molecule has 32 heavy (non-hydrogen) atoms. The molecule has 0 aromatic carbocycles. The molecule has 0 spiro atoms. The number of hydrogen-bond acceptors (Lipinski definition) is 7. The molecule has 0 saturated heterocycles. The highest BCUT2D eigenvalue weighted by Crippen LogP contribution is 2.28. The lowest BCUT2D eigenvalue weighted by atomic mass is 10.1. The standard InChI is InChI=1S/C23H32N4O5/c1-14-17(13-30-22(29)27(6)16-9-7-8-10-16)20(32-26-14)19-12-11-18(15(2)24-19)25-21(28)31-23(3,4)5/h11-12,16H,7-10,13H2,1-6H3,(H,25,28). The van der Waals surface area contributed by atoms with Crippen molar-refractivity contribution in [2.24, 2.45) is 0 Å². The molecule has 0 atom stereocenters. The van der Waals surface area contributed by atoms with Gasteiger partial charge in [0.15, 0.2) is 5.76 Å². The highest BCUT2D eigenvalue weighted by molar-refractivity contribution is 5.85. The fraction of sp³-hybridized carbons (Fsp3) is 0.565. The van der Waals surface area contributed by atoms with Crippen molar-refractivity contribution in [1.82, 2.24) is 15.0 Å². The summed E-state index contributed by atoms with van der Waals surface area (Å²) in [6.07, 6.45) is 3.39. The molecule has 0 unspecified atom stereocenters. The molecule has 9 heteroatoms. The lowest BCUT2D eigenvalue weighted by molar-refractivity contribution is 0.0635. The maximum atomic E-state index is 12.5. The van der Waals surface area contributed by atoms with Gasteiger partial charge in [-0.3, -0.25) is 5.32 Å². The topological polar surface area (TPSA) is 107 Å². The predicted octanol–water partition coefficient (Wildman–Crippen LogP) is 5.21. The van der Waals surface area contributed by atoms with Crippen molar-refractivity contribution in [3.63, 3.8) is 0 Å². The molecule has 1 N–H and O–H groups in total. The van der Waals surface area contributed by atoms with Crippen molar-refractivity contribution in [2.75, 3.05) is 12.4 Å². The summed E-state index contributed by atoms with van der Waals surface area (Å²) >= 11 is 0. The summed E-state index contributed by atoms with van der Waals surface area (Å²) in [5.41, 5.74) is 2.36. The summed E-state index contributed by atoms with van der Waals surface area (Å²) in [5, 5.41) is 6.72. The first-order valence-electron chi connectivity index (χ1n) is 10.9. The van der Waals surface area contributed by atoms with Gasteiger partial charge in [0.25, 0.3) is 0 Å². The van der Waals surface area contributed by atoms with Gasteiger partial charge in [0.05, 0.1) is 22.6 Å². The third-order valence-electron chi connectivity index (χ3n) is 5.44. The largest absolute Gasteiger partial charge is 0.444 e. The monoisotopic (exact) mass is 444 g/mol. The van der Waals surface area contributed by atoms with Gasteiger partial charge in [-0.25, -0.2) is 14.6 Å². The predicted molar refractivity (Wildman–Crippen MR) is 119 cm³/mol. The molecule has 1 saturated carbocycles. The lowest BCUT2D eigenvalue weighted by Gasteiger charge is -2.23. The first-order chi connectivity index (χ1) is 15.0. The molecule has 3 rings (SSSR count).